The minimum atomic E-state index is -0.749. The summed E-state index contributed by atoms with van der Waals surface area (Å²) < 4.78 is 7.34. The molecule has 0 saturated heterocycles. The minimum absolute atomic E-state index is 0.106. The first-order valence-electron chi connectivity index (χ1n) is 14.8. The zero-order valence-electron chi connectivity index (χ0n) is 25.1. The van der Waals surface area contributed by atoms with Crippen molar-refractivity contribution in [3.05, 3.63) is 83.1 Å². The largest absolute Gasteiger partial charge is 0.466 e. The number of anilines is 1. The maximum absolute atomic E-state index is 13.6. The molecular formula is C35H41N2O4+. The molecule has 6 heteroatoms. The Labute approximate surface area is 243 Å². The number of para-hydroxylation sites is 2. The fourth-order valence-corrected chi connectivity index (χ4v) is 6.67. The van der Waals surface area contributed by atoms with Crippen molar-refractivity contribution in [2.75, 3.05) is 24.6 Å². The van der Waals surface area contributed by atoms with Gasteiger partial charge in [-0.3, -0.25) is 14.4 Å². The second kappa shape index (κ2) is 10.9. The van der Waals surface area contributed by atoms with Gasteiger partial charge in [-0.2, -0.15) is 4.58 Å². The Morgan fingerprint density at radius 2 is 1.59 bits per heavy atom. The van der Waals surface area contributed by atoms with Crippen LogP contribution in [0.15, 0.2) is 72.0 Å². The summed E-state index contributed by atoms with van der Waals surface area (Å²) in [6.07, 6.45) is 6.38. The average Bonchev–Trinajstić information content (AvgIpc) is 3.30. The molecule has 2 heterocycles. The molecule has 0 aromatic heterocycles. The number of unbranched alkanes of at least 4 members (excludes halogenated alkanes) is 2. The lowest BCUT2D eigenvalue weighted by Crippen LogP contribution is -2.42. The lowest BCUT2D eigenvalue weighted by Gasteiger charge is -2.30. The minimum Gasteiger partial charge on any atom is -0.466 e. The summed E-state index contributed by atoms with van der Waals surface area (Å²) >= 11 is 0. The van der Waals surface area contributed by atoms with Gasteiger partial charge in [0.1, 0.15) is 12.5 Å². The van der Waals surface area contributed by atoms with Crippen LogP contribution >= 0.6 is 0 Å². The molecule has 2 aromatic carbocycles. The fourth-order valence-electron chi connectivity index (χ4n) is 6.67. The number of carbonyl (C=O) groups is 3. The van der Waals surface area contributed by atoms with Crippen molar-refractivity contribution in [1.82, 2.24) is 0 Å². The zero-order valence-corrected chi connectivity index (χ0v) is 25.1. The number of fused-ring (bicyclic) bond motifs is 2. The molecule has 1 fully saturated rings. The normalized spacial score (nSPS) is 21.2. The Morgan fingerprint density at radius 3 is 2.27 bits per heavy atom. The van der Waals surface area contributed by atoms with Crippen molar-refractivity contribution in [2.24, 2.45) is 5.92 Å². The number of hydrogen-bond acceptors (Lipinski definition) is 5. The van der Waals surface area contributed by atoms with Gasteiger partial charge in [-0.25, -0.2) is 0 Å². The first-order chi connectivity index (χ1) is 19.5. The highest BCUT2D eigenvalue weighted by Gasteiger charge is 2.50. The van der Waals surface area contributed by atoms with E-state index in [1.165, 1.54) is 18.1 Å². The molecule has 0 N–H and O–H groups in total. The molecule has 0 spiro atoms. The molecule has 2 aromatic rings. The van der Waals surface area contributed by atoms with Crippen LogP contribution in [0.2, 0.25) is 0 Å². The van der Waals surface area contributed by atoms with E-state index < -0.39 is 5.92 Å². The van der Waals surface area contributed by atoms with E-state index in [0.29, 0.717) is 12.2 Å². The van der Waals surface area contributed by atoms with E-state index in [-0.39, 0.29) is 28.4 Å². The van der Waals surface area contributed by atoms with E-state index in [2.05, 4.69) is 68.4 Å². The molecule has 214 valence electrons. The maximum atomic E-state index is 13.6. The standard InChI is InChI=1S/C35H41N2O4/c1-7-36-28-17-11-9-15-26(28)34(3,4)30(36)21-24-32(39)25(33(24)40)22-31-35(5,6)27-16-10-12-18-29(27)37(31)19-13-8-14-20-41-23(2)38/h9-12,15-18,21-22,24H,7-8,13-14,19-20H2,1-6H3/q+1/b25-22?,30-21-. The lowest BCUT2D eigenvalue weighted by molar-refractivity contribution is -0.438. The van der Waals surface area contributed by atoms with Gasteiger partial charge in [0.15, 0.2) is 17.3 Å². The number of rotatable bonds is 9. The van der Waals surface area contributed by atoms with Gasteiger partial charge in [0.05, 0.1) is 17.6 Å². The van der Waals surface area contributed by atoms with Crippen molar-refractivity contribution in [1.29, 1.82) is 0 Å². The third-order valence-corrected chi connectivity index (χ3v) is 8.95. The van der Waals surface area contributed by atoms with Gasteiger partial charge in [-0.15, -0.1) is 0 Å². The van der Waals surface area contributed by atoms with Gasteiger partial charge in [0.25, 0.3) is 0 Å². The molecule has 3 aliphatic rings. The first-order valence-corrected chi connectivity index (χ1v) is 14.8. The second-order valence-electron chi connectivity index (χ2n) is 12.3. The molecule has 41 heavy (non-hydrogen) atoms. The number of nitrogens with zero attached hydrogens (tertiary/aromatic N) is 2. The lowest BCUT2D eigenvalue weighted by atomic mass is 9.72. The topological polar surface area (TPSA) is 66.7 Å². The highest BCUT2D eigenvalue weighted by molar-refractivity contribution is 6.41. The van der Waals surface area contributed by atoms with Crippen molar-refractivity contribution in [3.8, 4) is 0 Å². The van der Waals surface area contributed by atoms with E-state index >= 15 is 0 Å². The van der Waals surface area contributed by atoms with E-state index in [4.69, 9.17) is 4.74 Å². The van der Waals surface area contributed by atoms with Crippen LogP contribution < -0.4 is 4.90 Å². The van der Waals surface area contributed by atoms with E-state index in [1.807, 2.05) is 36.4 Å². The summed E-state index contributed by atoms with van der Waals surface area (Å²) in [5.74, 6) is -1.22. The van der Waals surface area contributed by atoms with E-state index in [9.17, 15) is 14.4 Å². The summed E-state index contributed by atoms with van der Waals surface area (Å²) in [5, 5.41) is 0. The smallest absolute Gasteiger partial charge is 0.302 e. The second-order valence-corrected chi connectivity index (χ2v) is 12.3. The summed E-state index contributed by atoms with van der Waals surface area (Å²) in [7, 11) is 0. The predicted octanol–water partition coefficient (Wildman–Crippen LogP) is 6.19. The number of hydrogen-bond donors (Lipinski definition) is 0. The van der Waals surface area contributed by atoms with Gasteiger partial charge >= 0.3 is 5.97 Å². The average molecular weight is 554 g/mol. The highest BCUT2D eigenvalue weighted by Crippen LogP contribution is 2.48. The van der Waals surface area contributed by atoms with Gasteiger partial charge in [0.2, 0.25) is 5.69 Å². The third-order valence-electron chi connectivity index (χ3n) is 8.95. The fraction of sp³-hybridized carbons (Fsp3) is 0.429. The number of carbonyl (C=O) groups excluding carboxylic acids is 3. The molecule has 5 rings (SSSR count). The van der Waals surface area contributed by atoms with Crippen molar-refractivity contribution in [3.63, 3.8) is 0 Å². The van der Waals surface area contributed by atoms with E-state index in [1.54, 1.807) is 0 Å². The molecule has 6 nitrogen and oxygen atoms in total. The van der Waals surface area contributed by atoms with Crippen LogP contribution in [0.5, 0.6) is 0 Å². The Balaban J connectivity index is 1.42. The number of allylic oxidation sites excluding steroid dienone is 4. The van der Waals surface area contributed by atoms with Crippen molar-refractivity contribution in [2.45, 2.75) is 71.6 Å². The molecule has 0 bridgehead atoms. The Hall–Kier alpha value is -3.80. The zero-order chi connectivity index (χ0) is 29.5. The summed E-state index contributed by atoms with van der Waals surface area (Å²) in [6.45, 7) is 14.1. The molecule has 0 atom stereocenters. The summed E-state index contributed by atoms with van der Waals surface area (Å²) in [5.41, 5.74) is 6.31. The van der Waals surface area contributed by atoms with Gasteiger partial charge < -0.3 is 9.64 Å². The number of likely N-dealkylation sites (N-methyl/N-ethyl adjacent to an activating group) is 1. The first kappa shape index (κ1) is 28.7. The quantitative estimate of drug-likeness (QED) is 0.0925. The summed E-state index contributed by atoms with van der Waals surface area (Å²) in [4.78, 5) is 40.4. The molecule has 0 amide bonds. The number of benzene rings is 2. The van der Waals surface area contributed by atoms with Crippen LogP contribution in [0, 0.1) is 5.92 Å². The number of Topliss-reactive ketones (excluding diaryl/α,β-unsaturated/α-hetero) is 2. The van der Waals surface area contributed by atoms with Gasteiger partial charge in [-0.05, 0) is 51.3 Å². The Bertz CT molecular complexity index is 1490. The van der Waals surface area contributed by atoms with Crippen molar-refractivity contribution >= 4 is 34.6 Å². The number of esters is 1. The van der Waals surface area contributed by atoms with Gasteiger partial charge in [-0.1, -0.05) is 50.2 Å². The molecule has 0 radical (unpaired) electrons. The van der Waals surface area contributed by atoms with Crippen molar-refractivity contribution < 1.29 is 23.7 Å². The number of ether oxygens (including phenoxy) is 1. The Morgan fingerprint density at radius 1 is 0.927 bits per heavy atom. The van der Waals surface area contributed by atoms with Crippen LogP contribution in [0.25, 0.3) is 0 Å². The van der Waals surface area contributed by atoms with Crippen LogP contribution in [-0.2, 0) is 30.0 Å². The molecule has 1 aliphatic carbocycles. The number of ketones is 2. The van der Waals surface area contributed by atoms with E-state index in [0.717, 1.165) is 55.1 Å². The predicted molar refractivity (Wildman–Crippen MR) is 162 cm³/mol. The SMILES string of the molecule is CCN1/C(=C\C2C(=O)C(=CC3=[N+](CCCCCOC(C)=O)c4ccccc4C3(C)C)C2=O)C(C)(C)c2ccccc21. The molecular weight excluding hydrogens is 512 g/mol. The molecule has 1 saturated carbocycles. The van der Waals surface area contributed by atoms with Crippen LogP contribution in [0.1, 0.15) is 71.9 Å². The summed E-state index contributed by atoms with van der Waals surface area (Å²) in [6, 6.07) is 16.6. The van der Waals surface area contributed by atoms with Crippen LogP contribution in [0.4, 0.5) is 11.4 Å². The Kier molecular flexibility index (Phi) is 7.62. The third kappa shape index (κ3) is 4.87. The van der Waals surface area contributed by atoms with Crippen LogP contribution in [-0.4, -0.2) is 47.5 Å². The maximum Gasteiger partial charge on any atom is 0.302 e. The molecule has 2 aliphatic heterocycles. The molecule has 0 unspecified atom stereocenters. The monoisotopic (exact) mass is 553 g/mol. The highest BCUT2D eigenvalue weighted by atomic mass is 16.5. The van der Waals surface area contributed by atoms with Gasteiger partial charge in [0, 0.05) is 54.4 Å². The van der Waals surface area contributed by atoms with Crippen LogP contribution in [0.3, 0.4) is 0 Å².